The van der Waals surface area contributed by atoms with Crippen molar-refractivity contribution in [3.63, 3.8) is 0 Å². The van der Waals surface area contributed by atoms with E-state index in [2.05, 4.69) is 68.5 Å². The number of aldehydes is 1. The summed E-state index contributed by atoms with van der Waals surface area (Å²) in [4.78, 5) is 11.9. The zero-order chi connectivity index (χ0) is 17.8. The molecule has 1 heteroatoms. The molecule has 124 valence electrons. The van der Waals surface area contributed by atoms with Crippen molar-refractivity contribution in [3.05, 3.63) is 89.0 Å². The fourth-order valence-corrected chi connectivity index (χ4v) is 4.48. The minimum absolute atomic E-state index is 0.747. The predicted octanol–water partition coefficient (Wildman–Crippen LogP) is 6.55. The first kappa shape index (κ1) is 15.1. The van der Waals surface area contributed by atoms with Crippen LogP contribution >= 0.6 is 0 Å². The Bertz CT molecular complexity index is 1260. The first-order valence-corrected chi connectivity index (χ1v) is 8.95. The Morgan fingerprint density at radius 3 is 2.19 bits per heavy atom. The Labute approximate surface area is 152 Å². The standard InChI is InChI=1S/C25H18O/c1-3-19-22-15(2)10-11-17-13-12-16-6-4-9-21(24(16)25(17)22)20-8-5-7-18(14-26)23(19)20/h3-14H,1-2H3/b19-3+. The van der Waals surface area contributed by atoms with Crippen molar-refractivity contribution in [2.24, 2.45) is 0 Å². The highest BCUT2D eigenvalue weighted by Crippen LogP contribution is 2.47. The first-order chi connectivity index (χ1) is 12.7. The summed E-state index contributed by atoms with van der Waals surface area (Å²) in [7, 11) is 0. The summed E-state index contributed by atoms with van der Waals surface area (Å²) in [6, 6.07) is 21.3. The molecule has 0 spiro atoms. The van der Waals surface area contributed by atoms with Crippen LogP contribution in [0.1, 0.15) is 34.0 Å². The smallest absolute Gasteiger partial charge is 0.150 e. The van der Waals surface area contributed by atoms with Gasteiger partial charge in [-0.2, -0.15) is 0 Å². The number of aryl methyl sites for hydroxylation is 1. The second-order valence-corrected chi connectivity index (χ2v) is 6.91. The largest absolute Gasteiger partial charge is 0.298 e. The van der Waals surface area contributed by atoms with Crippen molar-refractivity contribution in [1.29, 1.82) is 0 Å². The summed E-state index contributed by atoms with van der Waals surface area (Å²) in [6.07, 6.45) is 3.13. The number of hydrogen-bond acceptors (Lipinski definition) is 1. The van der Waals surface area contributed by atoms with Gasteiger partial charge in [-0.05, 0) is 63.2 Å². The number of benzene rings is 4. The van der Waals surface area contributed by atoms with E-state index in [-0.39, 0.29) is 0 Å². The Kier molecular flexibility index (Phi) is 3.14. The molecule has 1 aliphatic carbocycles. The molecule has 0 saturated carbocycles. The SMILES string of the molecule is C/C=C1/c2c(C=O)cccc2-c2cccc3ccc4ccc(C)c1c4c23. The van der Waals surface area contributed by atoms with Gasteiger partial charge in [-0.3, -0.25) is 4.79 Å². The van der Waals surface area contributed by atoms with Gasteiger partial charge >= 0.3 is 0 Å². The molecule has 5 rings (SSSR count). The Morgan fingerprint density at radius 2 is 1.42 bits per heavy atom. The molecule has 1 aliphatic rings. The number of hydrogen-bond donors (Lipinski definition) is 0. The van der Waals surface area contributed by atoms with Crippen LogP contribution in [-0.2, 0) is 0 Å². The van der Waals surface area contributed by atoms with E-state index < -0.39 is 0 Å². The number of fused-ring (bicyclic) bond motifs is 2. The highest BCUT2D eigenvalue weighted by atomic mass is 16.1. The summed E-state index contributed by atoms with van der Waals surface area (Å²) in [5.74, 6) is 0. The minimum Gasteiger partial charge on any atom is -0.298 e. The van der Waals surface area contributed by atoms with E-state index in [1.54, 1.807) is 0 Å². The van der Waals surface area contributed by atoms with Crippen molar-refractivity contribution >= 4 is 33.4 Å². The van der Waals surface area contributed by atoms with Crippen LogP contribution in [0.3, 0.4) is 0 Å². The maximum atomic E-state index is 11.9. The minimum atomic E-state index is 0.747. The van der Waals surface area contributed by atoms with Gasteiger partial charge < -0.3 is 0 Å². The van der Waals surface area contributed by atoms with Crippen LogP contribution < -0.4 is 0 Å². The third-order valence-corrected chi connectivity index (χ3v) is 5.58. The number of allylic oxidation sites excluding steroid dienone is 1. The molecule has 0 aliphatic heterocycles. The Hall–Kier alpha value is -3.19. The third-order valence-electron chi connectivity index (χ3n) is 5.58. The molecule has 0 unspecified atom stereocenters. The highest BCUT2D eigenvalue weighted by Gasteiger charge is 2.24. The molecule has 0 radical (unpaired) electrons. The summed E-state index contributed by atoms with van der Waals surface area (Å²) in [6.45, 7) is 4.23. The van der Waals surface area contributed by atoms with Crippen LogP contribution in [-0.4, -0.2) is 6.29 Å². The average Bonchev–Trinajstić information content (AvgIpc) is 2.81. The third kappa shape index (κ3) is 1.83. The number of carbonyl (C=O) groups is 1. The topological polar surface area (TPSA) is 17.1 Å². The van der Waals surface area contributed by atoms with Crippen molar-refractivity contribution in [2.75, 3.05) is 0 Å². The maximum absolute atomic E-state index is 11.9. The van der Waals surface area contributed by atoms with Gasteiger partial charge in [0.05, 0.1) is 0 Å². The lowest BCUT2D eigenvalue weighted by molar-refractivity contribution is 0.112. The van der Waals surface area contributed by atoms with E-state index in [0.29, 0.717) is 0 Å². The summed E-state index contributed by atoms with van der Waals surface area (Å²) < 4.78 is 0. The van der Waals surface area contributed by atoms with Crippen LogP contribution in [0.4, 0.5) is 0 Å². The van der Waals surface area contributed by atoms with Gasteiger partial charge in [0.2, 0.25) is 0 Å². The number of carbonyl (C=O) groups excluding carboxylic acids is 1. The maximum Gasteiger partial charge on any atom is 0.150 e. The highest BCUT2D eigenvalue weighted by molar-refractivity contribution is 6.22. The second-order valence-electron chi connectivity index (χ2n) is 6.91. The molecule has 4 aromatic rings. The predicted molar refractivity (Wildman–Crippen MR) is 110 cm³/mol. The lowest BCUT2D eigenvalue weighted by Crippen LogP contribution is -1.98. The van der Waals surface area contributed by atoms with Crippen molar-refractivity contribution in [2.45, 2.75) is 13.8 Å². The second kappa shape index (κ2) is 5.40. The molecule has 0 bridgehead atoms. The van der Waals surface area contributed by atoms with E-state index in [4.69, 9.17) is 0 Å². The van der Waals surface area contributed by atoms with Crippen LogP contribution in [0.2, 0.25) is 0 Å². The van der Waals surface area contributed by atoms with E-state index in [9.17, 15) is 4.79 Å². The molecule has 0 N–H and O–H groups in total. The normalized spacial score (nSPS) is 14.0. The molecule has 0 fully saturated rings. The first-order valence-electron chi connectivity index (χ1n) is 8.95. The monoisotopic (exact) mass is 334 g/mol. The molecular formula is C25H18O. The van der Waals surface area contributed by atoms with Crippen LogP contribution in [0.15, 0.2) is 66.7 Å². The Morgan fingerprint density at radius 1 is 0.731 bits per heavy atom. The van der Waals surface area contributed by atoms with E-state index in [1.165, 1.54) is 38.2 Å². The quantitative estimate of drug-likeness (QED) is 0.251. The average molecular weight is 334 g/mol. The van der Waals surface area contributed by atoms with Gasteiger partial charge in [-0.25, -0.2) is 0 Å². The van der Waals surface area contributed by atoms with Gasteiger partial charge in [-0.1, -0.05) is 66.7 Å². The lowest BCUT2D eigenvalue weighted by atomic mass is 9.87. The van der Waals surface area contributed by atoms with Gasteiger partial charge in [0.15, 0.2) is 6.29 Å². The lowest BCUT2D eigenvalue weighted by Gasteiger charge is -2.16. The van der Waals surface area contributed by atoms with E-state index in [1.807, 2.05) is 12.1 Å². The van der Waals surface area contributed by atoms with Crippen LogP contribution in [0.25, 0.3) is 38.2 Å². The molecule has 0 saturated heterocycles. The van der Waals surface area contributed by atoms with Gasteiger partial charge in [-0.15, -0.1) is 0 Å². The molecule has 0 heterocycles. The molecule has 26 heavy (non-hydrogen) atoms. The van der Waals surface area contributed by atoms with Crippen molar-refractivity contribution in [1.82, 2.24) is 0 Å². The Balaban J connectivity index is 2.17. The molecule has 0 amide bonds. The fraction of sp³-hybridized carbons (Fsp3) is 0.0800. The van der Waals surface area contributed by atoms with Gasteiger partial charge in [0.1, 0.15) is 0 Å². The number of rotatable bonds is 1. The van der Waals surface area contributed by atoms with Crippen LogP contribution in [0.5, 0.6) is 0 Å². The molecule has 0 atom stereocenters. The molecule has 4 aromatic carbocycles. The molecule has 1 nitrogen and oxygen atoms in total. The van der Waals surface area contributed by atoms with Crippen LogP contribution in [0, 0.1) is 6.92 Å². The van der Waals surface area contributed by atoms with Gasteiger partial charge in [0, 0.05) is 11.1 Å². The molecule has 0 aromatic heterocycles. The van der Waals surface area contributed by atoms with E-state index in [0.717, 1.165) is 28.5 Å². The zero-order valence-corrected chi connectivity index (χ0v) is 14.8. The summed E-state index contributed by atoms with van der Waals surface area (Å²) in [5, 5.41) is 5.05. The fourth-order valence-electron chi connectivity index (χ4n) is 4.48. The summed E-state index contributed by atoms with van der Waals surface area (Å²) >= 11 is 0. The van der Waals surface area contributed by atoms with Crippen molar-refractivity contribution < 1.29 is 4.79 Å². The zero-order valence-electron chi connectivity index (χ0n) is 14.8. The molecular weight excluding hydrogens is 316 g/mol. The van der Waals surface area contributed by atoms with Crippen molar-refractivity contribution in [3.8, 4) is 11.1 Å². The summed E-state index contributed by atoms with van der Waals surface area (Å²) in [5.41, 5.74) is 7.76. The van der Waals surface area contributed by atoms with E-state index >= 15 is 0 Å². The van der Waals surface area contributed by atoms with Gasteiger partial charge in [0.25, 0.3) is 0 Å².